The van der Waals surface area contributed by atoms with Crippen LogP contribution in [0.3, 0.4) is 0 Å². The molecule has 6 nitrogen and oxygen atoms in total. The number of hydrogen-bond donors (Lipinski definition) is 1. The standard InChI is InChI=1S/C23H30N6/c1-23(2,3)10-9-19-21-16(22(21)24)13-29(19)20-8-6-17(26-27-20)14-5-7-18-15(11-14)12-25-28(18)4/h5-8,11-12,16,19,21-22H,9-10,13,24H2,1-4H3. The lowest BCUT2D eigenvalue weighted by molar-refractivity contribution is 0.338. The zero-order chi connectivity index (χ0) is 20.3. The van der Waals surface area contributed by atoms with E-state index in [1.54, 1.807) is 0 Å². The van der Waals surface area contributed by atoms with Gasteiger partial charge in [-0.3, -0.25) is 4.68 Å². The topological polar surface area (TPSA) is 72.9 Å². The normalized spacial score (nSPS) is 26.2. The summed E-state index contributed by atoms with van der Waals surface area (Å²) in [5.74, 6) is 2.22. The predicted octanol–water partition coefficient (Wildman–Crippen LogP) is 3.62. The van der Waals surface area contributed by atoms with E-state index in [1.807, 2.05) is 17.9 Å². The van der Waals surface area contributed by atoms with E-state index in [1.165, 1.54) is 12.8 Å². The largest absolute Gasteiger partial charge is 0.351 e. The molecule has 6 heteroatoms. The van der Waals surface area contributed by atoms with E-state index < -0.39 is 0 Å². The molecule has 4 atom stereocenters. The molecule has 0 radical (unpaired) electrons. The van der Waals surface area contributed by atoms with Crippen LogP contribution in [0.5, 0.6) is 0 Å². The molecule has 0 bridgehead atoms. The van der Waals surface area contributed by atoms with Crippen molar-refractivity contribution in [3.8, 4) is 11.3 Å². The van der Waals surface area contributed by atoms with Gasteiger partial charge in [0.1, 0.15) is 0 Å². The fourth-order valence-electron chi connectivity index (χ4n) is 4.93. The molecule has 2 fully saturated rings. The maximum atomic E-state index is 6.32. The lowest BCUT2D eigenvalue weighted by Gasteiger charge is -2.31. The van der Waals surface area contributed by atoms with Crippen LogP contribution in [0.4, 0.5) is 5.82 Å². The predicted molar refractivity (Wildman–Crippen MR) is 117 cm³/mol. The van der Waals surface area contributed by atoms with Crippen LogP contribution >= 0.6 is 0 Å². The second kappa shape index (κ2) is 6.52. The Kier molecular flexibility index (Phi) is 4.17. The maximum Gasteiger partial charge on any atom is 0.151 e. The van der Waals surface area contributed by atoms with E-state index >= 15 is 0 Å². The van der Waals surface area contributed by atoms with Gasteiger partial charge in [-0.15, -0.1) is 10.2 Å². The van der Waals surface area contributed by atoms with E-state index in [0.717, 1.165) is 34.5 Å². The first kappa shape index (κ1) is 18.6. The van der Waals surface area contributed by atoms with Gasteiger partial charge in [0.05, 0.1) is 17.4 Å². The number of hydrogen-bond acceptors (Lipinski definition) is 5. The number of fused-ring (bicyclic) bond motifs is 2. The summed E-state index contributed by atoms with van der Waals surface area (Å²) in [5, 5.41) is 14.6. The minimum absolute atomic E-state index is 0.337. The van der Waals surface area contributed by atoms with Gasteiger partial charge in [0.25, 0.3) is 0 Å². The number of anilines is 1. The highest BCUT2D eigenvalue weighted by Gasteiger charge is 2.59. The van der Waals surface area contributed by atoms with Gasteiger partial charge in [-0.1, -0.05) is 26.8 Å². The Morgan fingerprint density at radius 2 is 1.97 bits per heavy atom. The maximum absolute atomic E-state index is 6.32. The highest BCUT2D eigenvalue weighted by molar-refractivity contribution is 5.83. The fourth-order valence-corrected chi connectivity index (χ4v) is 4.93. The molecule has 4 unspecified atom stereocenters. The monoisotopic (exact) mass is 390 g/mol. The SMILES string of the molecule is Cn1ncc2cc(-c3ccc(N4CC5C(N)C5C4CCC(C)(C)C)nn3)ccc21. The summed E-state index contributed by atoms with van der Waals surface area (Å²) in [6.45, 7) is 7.94. The Morgan fingerprint density at radius 3 is 2.69 bits per heavy atom. The molecule has 29 heavy (non-hydrogen) atoms. The molecule has 3 heterocycles. The quantitative estimate of drug-likeness (QED) is 0.737. The third-order valence-electron chi connectivity index (χ3n) is 6.72. The number of benzene rings is 1. The highest BCUT2D eigenvalue weighted by atomic mass is 15.3. The second-order valence-electron chi connectivity index (χ2n) is 9.96. The summed E-state index contributed by atoms with van der Waals surface area (Å²) < 4.78 is 1.88. The van der Waals surface area contributed by atoms with Gasteiger partial charge >= 0.3 is 0 Å². The van der Waals surface area contributed by atoms with Crippen molar-refractivity contribution in [1.82, 2.24) is 20.0 Å². The molecular formula is C23H30N6. The zero-order valence-corrected chi connectivity index (χ0v) is 17.7. The van der Waals surface area contributed by atoms with Crippen LogP contribution in [0.1, 0.15) is 33.6 Å². The first-order chi connectivity index (χ1) is 13.8. The van der Waals surface area contributed by atoms with Gasteiger partial charge < -0.3 is 10.6 Å². The smallest absolute Gasteiger partial charge is 0.151 e. The van der Waals surface area contributed by atoms with Crippen molar-refractivity contribution >= 4 is 16.7 Å². The minimum atomic E-state index is 0.337. The summed E-state index contributed by atoms with van der Waals surface area (Å²) >= 11 is 0. The number of rotatable bonds is 4. The average Bonchev–Trinajstić information content (AvgIpc) is 3.04. The van der Waals surface area contributed by atoms with Crippen molar-refractivity contribution in [3.63, 3.8) is 0 Å². The summed E-state index contributed by atoms with van der Waals surface area (Å²) in [7, 11) is 1.96. The molecule has 1 aliphatic carbocycles. The summed E-state index contributed by atoms with van der Waals surface area (Å²) in [6.07, 6.45) is 4.25. The van der Waals surface area contributed by atoms with Crippen LogP contribution in [0.2, 0.25) is 0 Å². The van der Waals surface area contributed by atoms with Crippen molar-refractivity contribution in [2.45, 2.75) is 45.7 Å². The highest BCUT2D eigenvalue weighted by Crippen LogP contribution is 2.51. The number of aromatic nitrogens is 4. The molecule has 3 aromatic rings. The van der Waals surface area contributed by atoms with Crippen molar-refractivity contribution in [3.05, 3.63) is 36.5 Å². The number of aryl methyl sites for hydroxylation is 1. The molecule has 152 valence electrons. The van der Waals surface area contributed by atoms with E-state index in [0.29, 0.717) is 29.3 Å². The molecule has 1 saturated heterocycles. The minimum Gasteiger partial charge on any atom is -0.351 e. The van der Waals surface area contributed by atoms with Crippen molar-refractivity contribution in [2.75, 3.05) is 11.4 Å². The van der Waals surface area contributed by atoms with Crippen molar-refractivity contribution in [2.24, 2.45) is 30.0 Å². The molecule has 1 aromatic carbocycles. The first-order valence-electron chi connectivity index (χ1n) is 10.6. The van der Waals surface area contributed by atoms with Crippen LogP contribution in [-0.4, -0.2) is 38.6 Å². The fraction of sp³-hybridized carbons (Fsp3) is 0.522. The Bertz CT molecular complexity index is 1030. The van der Waals surface area contributed by atoms with E-state index in [-0.39, 0.29) is 0 Å². The van der Waals surface area contributed by atoms with Crippen molar-refractivity contribution < 1.29 is 0 Å². The van der Waals surface area contributed by atoms with Gasteiger partial charge in [-0.05, 0) is 48.4 Å². The van der Waals surface area contributed by atoms with E-state index in [2.05, 4.69) is 71.3 Å². The van der Waals surface area contributed by atoms with Crippen LogP contribution < -0.4 is 10.6 Å². The van der Waals surface area contributed by atoms with Crippen LogP contribution in [-0.2, 0) is 7.05 Å². The van der Waals surface area contributed by atoms with Gasteiger partial charge in [0.2, 0.25) is 0 Å². The van der Waals surface area contributed by atoms with E-state index in [4.69, 9.17) is 5.73 Å². The summed E-state index contributed by atoms with van der Waals surface area (Å²) in [6, 6.07) is 11.4. The Balaban J connectivity index is 1.37. The second-order valence-corrected chi connectivity index (χ2v) is 9.96. The molecule has 2 aromatic heterocycles. The van der Waals surface area contributed by atoms with Gasteiger partial charge in [-0.25, -0.2) is 0 Å². The summed E-state index contributed by atoms with van der Waals surface area (Å²) in [5.41, 5.74) is 9.74. The first-order valence-corrected chi connectivity index (χ1v) is 10.6. The molecule has 1 saturated carbocycles. The van der Waals surface area contributed by atoms with Crippen LogP contribution in [0.15, 0.2) is 36.5 Å². The zero-order valence-electron chi connectivity index (χ0n) is 17.7. The van der Waals surface area contributed by atoms with Gasteiger partial charge in [0.15, 0.2) is 5.82 Å². The number of piperidine rings is 1. The number of nitrogens with zero attached hydrogens (tertiary/aromatic N) is 5. The number of nitrogens with two attached hydrogens (primary N) is 1. The lowest BCUT2D eigenvalue weighted by Crippen LogP contribution is -2.38. The Labute approximate surface area is 172 Å². The van der Waals surface area contributed by atoms with Crippen molar-refractivity contribution in [1.29, 1.82) is 0 Å². The van der Waals surface area contributed by atoms with Crippen LogP contribution in [0.25, 0.3) is 22.2 Å². The van der Waals surface area contributed by atoms with Gasteiger partial charge in [-0.2, -0.15) is 5.10 Å². The third-order valence-corrected chi connectivity index (χ3v) is 6.72. The molecule has 2 aliphatic rings. The molecule has 0 amide bonds. The molecule has 2 N–H and O–H groups in total. The molecule has 0 spiro atoms. The Morgan fingerprint density at radius 1 is 1.14 bits per heavy atom. The lowest BCUT2D eigenvalue weighted by atomic mass is 9.87. The molecular weight excluding hydrogens is 360 g/mol. The average molecular weight is 391 g/mol. The molecule has 1 aliphatic heterocycles. The van der Waals surface area contributed by atoms with E-state index in [9.17, 15) is 0 Å². The molecule has 5 rings (SSSR count). The summed E-state index contributed by atoms with van der Waals surface area (Å²) in [4.78, 5) is 2.45. The third kappa shape index (κ3) is 3.29. The van der Waals surface area contributed by atoms with Crippen LogP contribution in [0, 0.1) is 17.3 Å². The van der Waals surface area contributed by atoms with Gasteiger partial charge in [0, 0.05) is 42.5 Å². The Hall–Kier alpha value is -2.47.